The molecule has 0 aromatic heterocycles. The molecule has 52 valence electrons. The number of carbonyl (C=O) groups excluding carboxylic acids is 1. The average molecular weight is 130 g/mol. The third kappa shape index (κ3) is 1.68. The van der Waals surface area contributed by atoms with E-state index in [2.05, 4.69) is 0 Å². The van der Waals surface area contributed by atoms with Crippen molar-refractivity contribution in [3.8, 4) is 0 Å². The van der Waals surface area contributed by atoms with Gasteiger partial charge in [0.2, 0.25) is 0 Å². The summed E-state index contributed by atoms with van der Waals surface area (Å²) in [7, 11) is 0. The van der Waals surface area contributed by atoms with Crippen LogP contribution in [0.15, 0.2) is 0 Å². The first-order valence-electron chi connectivity index (χ1n) is 3.13. The lowest BCUT2D eigenvalue weighted by molar-refractivity contribution is -0.155. The van der Waals surface area contributed by atoms with Crippen molar-refractivity contribution >= 4 is 5.97 Å². The second-order valence-electron chi connectivity index (χ2n) is 2.19. The first-order chi connectivity index (χ1) is 4.33. The molecule has 0 spiro atoms. The van der Waals surface area contributed by atoms with Crippen LogP contribution in [0.25, 0.3) is 0 Å². The maximum absolute atomic E-state index is 10.5. The van der Waals surface area contributed by atoms with Crippen LogP contribution < -0.4 is 0 Å². The first-order valence-corrected chi connectivity index (χ1v) is 3.13. The van der Waals surface area contributed by atoms with E-state index in [0.29, 0.717) is 6.42 Å². The van der Waals surface area contributed by atoms with Crippen molar-refractivity contribution < 1.29 is 14.6 Å². The topological polar surface area (TPSA) is 46.5 Å². The van der Waals surface area contributed by atoms with Crippen LogP contribution >= 0.6 is 0 Å². The van der Waals surface area contributed by atoms with Crippen molar-refractivity contribution in [3.63, 3.8) is 0 Å². The number of hydrogen-bond acceptors (Lipinski definition) is 3. The Balaban J connectivity index is 2.32. The lowest BCUT2D eigenvalue weighted by Gasteiger charge is -2.19. The molecule has 0 saturated carbocycles. The normalized spacial score (nSPS) is 27.7. The predicted octanol–water partition coefficient (Wildman–Crippen LogP) is 0.0744. The van der Waals surface area contributed by atoms with E-state index in [4.69, 9.17) is 9.84 Å². The van der Waals surface area contributed by atoms with E-state index < -0.39 is 0 Å². The van der Waals surface area contributed by atoms with Gasteiger partial charge < -0.3 is 9.84 Å². The van der Waals surface area contributed by atoms with Gasteiger partial charge in [-0.2, -0.15) is 0 Å². The molecule has 1 heterocycles. The molecule has 1 rings (SSSR count). The molecule has 3 heteroatoms. The van der Waals surface area contributed by atoms with E-state index in [1.165, 1.54) is 0 Å². The van der Waals surface area contributed by atoms with E-state index in [0.717, 1.165) is 12.8 Å². The Kier molecular flexibility index (Phi) is 2.05. The van der Waals surface area contributed by atoms with Gasteiger partial charge in [-0.05, 0) is 12.8 Å². The highest BCUT2D eigenvalue weighted by Gasteiger charge is 2.18. The summed E-state index contributed by atoms with van der Waals surface area (Å²) < 4.78 is 4.75. The zero-order valence-corrected chi connectivity index (χ0v) is 5.17. The molecule has 1 atom stereocenters. The van der Waals surface area contributed by atoms with E-state index >= 15 is 0 Å². The molecule has 0 amide bonds. The molecule has 0 radical (unpaired) electrons. The molecule has 0 bridgehead atoms. The number of aliphatic hydroxyl groups is 1. The molecule has 3 nitrogen and oxygen atoms in total. The highest BCUT2D eigenvalue weighted by Crippen LogP contribution is 2.12. The number of aliphatic hydroxyl groups excluding tert-OH is 1. The van der Waals surface area contributed by atoms with Crippen molar-refractivity contribution in [2.75, 3.05) is 6.61 Å². The van der Waals surface area contributed by atoms with Gasteiger partial charge in [0.15, 0.2) is 0 Å². The van der Waals surface area contributed by atoms with Gasteiger partial charge in [-0.15, -0.1) is 0 Å². The molecule has 1 fully saturated rings. The van der Waals surface area contributed by atoms with Gasteiger partial charge in [-0.1, -0.05) is 0 Å². The van der Waals surface area contributed by atoms with Crippen molar-refractivity contribution in [2.24, 2.45) is 0 Å². The Morgan fingerprint density at radius 1 is 1.78 bits per heavy atom. The molecule has 9 heavy (non-hydrogen) atoms. The third-order valence-corrected chi connectivity index (χ3v) is 1.41. The maximum Gasteiger partial charge on any atom is 0.306 e. The molecule has 1 unspecified atom stereocenters. The highest BCUT2D eigenvalue weighted by atomic mass is 16.6. The molecule has 0 aliphatic carbocycles. The van der Waals surface area contributed by atoms with Crippen LogP contribution in [0.4, 0.5) is 0 Å². The first kappa shape index (κ1) is 6.55. The molecule has 1 N–H and O–H groups in total. The van der Waals surface area contributed by atoms with Gasteiger partial charge in [0.05, 0.1) is 6.61 Å². The van der Waals surface area contributed by atoms with Crippen LogP contribution in [0, 0.1) is 0 Å². The third-order valence-electron chi connectivity index (χ3n) is 1.41. The summed E-state index contributed by atoms with van der Waals surface area (Å²) >= 11 is 0. The molecular formula is C6H10O3. The van der Waals surface area contributed by atoms with Crippen molar-refractivity contribution in [1.82, 2.24) is 0 Å². The Labute approximate surface area is 53.6 Å². The average Bonchev–Trinajstić information content (AvgIpc) is 1.88. The molecule has 1 aliphatic rings. The van der Waals surface area contributed by atoms with Crippen molar-refractivity contribution in [3.05, 3.63) is 0 Å². The highest BCUT2D eigenvalue weighted by molar-refractivity contribution is 5.70. The van der Waals surface area contributed by atoms with Crippen LogP contribution in [0.3, 0.4) is 0 Å². The smallest absolute Gasteiger partial charge is 0.306 e. The predicted molar refractivity (Wildman–Crippen MR) is 30.8 cm³/mol. The monoisotopic (exact) mass is 130 g/mol. The summed E-state index contributed by atoms with van der Waals surface area (Å²) in [4.78, 5) is 10.5. The summed E-state index contributed by atoms with van der Waals surface area (Å²) in [5, 5.41) is 8.53. The van der Waals surface area contributed by atoms with Crippen LogP contribution in [0.5, 0.6) is 0 Å². The lowest BCUT2D eigenvalue weighted by atomic mass is 10.1. The molecule has 0 aromatic rings. The summed E-state index contributed by atoms with van der Waals surface area (Å²) in [5.41, 5.74) is 0. The number of carbonyl (C=O) groups is 1. The Morgan fingerprint density at radius 2 is 2.56 bits per heavy atom. The number of ether oxygens (including phenoxy) is 1. The fourth-order valence-corrected chi connectivity index (χ4v) is 0.906. The summed E-state index contributed by atoms with van der Waals surface area (Å²) in [6.45, 7) is -0.0360. The van der Waals surface area contributed by atoms with Crippen LogP contribution in [0.1, 0.15) is 19.3 Å². The second-order valence-corrected chi connectivity index (χ2v) is 2.19. The van der Waals surface area contributed by atoms with Gasteiger partial charge in [0.1, 0.15) is 6.10 Å². The van der Waals surface area contributed by atoms with E-state index in [9.17, 15) is 4.79 Å². The minimum Gasteiger partial charge on any atom is -0.460 e. The van der Waals surface area contributed by atoms with E-state index in [1.54, 1.807) is 0 Å². The number of esters is 1. The Bertz CT molecular complexity index is 111. The van der Waals surface area contributed by atoms with Crippen LogP contribution in [-0.4, -0.2) is 23.8 Å². The van der Waals surface area contributed by atoms with Gasteiger partial charge in [-0.25, -0.2) is 0 Å². The van der Waals surface area contributed by atoms with Crippen LogP contribution in [0.2, 0.25) is 0 Å². The summed E-state index contributed by atoms with van der Waals surface area (Å²) in [6.07, 6.45) is 1.94. The standard InChI is InChI=1S/C6H10O3/c7-4-5-2-1-3-6(8)9-5/h5,7H,1-4H2. The van der Waals surface area contributed by atoms with Crippen molar-refractivity contribution in [1.29, 1.82) is 0 Å². The van der Waals surface area contributed by atoms with E-state index in [-0.39, 0.29) is 18.7 Å². The Hall–Kier alpha value is -0.570. The fraction of sp³-hybridized carbons (Fsp3) is 0.833. The van der Waals surface area contributed by atoms with Crippen LogP contribution in [-0.2, 0) is 9.53 Å². The number of rotatable bonds is 1. The van der Waals surface area contributed by atoms with E-state index in [1.807, 2.05) is 0 Å². The minimum absolute atomic E-state index is 0.0360. The van der Waals surface area contributed by atoms with Gasteiger partial charge in [0, 0.05) is 6.42 Å². The number of hydrogen-bond donors (Lipinski definition) is 1. The zero-order valence-electron chi connectivity index (χ0n) is 5.17. The summed E-state index contributed by atoms with van der Waals surface area (Å²) in [5.74, 6) is -0.180. The summed E-state index contributed by atoms with van der Waals surface area (Å²) in [6, 6.07) is 0. The maximum atomic E-state index is 10.5. The lowest BCUT2D eigenvalue weighted by Crippen LogP contribution is -2.26. The Morgan fingerprint density at radius 3 is 3.00 bits per heavy atom. The zero-order chi connectivity index (χ0) is 6.69. The van der Waals surface area contributed by atoms with Gasteiger partial charge in [0.25, 0.3) is 0 Å². The largest absolute Gasteiger partial charge is 0.460 e. The van der Waals surface area contributed by atoms with Gasteiger partial charge in [-0.3, -0.25) is 4.79 Å². The molecule has 0 aromatic carbocycles. The minimum atomic E-state index is -0.230. The fourth-order valence-electron chi connectivity index (χ4n) is 0.906. The number of cyclic esters (lactones) is 1. The SMILES string of the molecule is O=C1CCCC(CO)O1. The molecule has 1 aliphatic heterocycles. The molecular weight excluding hydrogens is 120 g/mol. The molecule has 1 saturated heterocycles. The van der Waals surface area contributed by atoms with Crippen molar-refractivity contribution in [2.45, 2.75) is 25.4 Å². The second kappa shape index (κ2) is 2.82. The quantitative estimate of drug-likeness (QED) is 0.511. The van der Waals surface area contributed by atoms with Gasteiger partial charge >= 0.3 is 5.97 Å².